The highest BCUT2D eigenvalue weighted by molar-refractivity contribution is 14.0. The summed E-state index contributed by atoms with van der Waals surface area (Å²) in [7, 11) is 1.71. The van der Waals surface area contributed by atoms with Crippen molar-refractivity contribution in [2.75, 3.05) is 13.6 Å². The number of hydrogen-bond donors (Lipinski definition) is 2. The molecule has 0 amide bonds. The number of halogens is 2. The SMILES string of the molecule is CCc1cc(CNC(=NC)NCC(C)(C)c2cccc(F)c2)on1.I. The van der Waals surface area contributed by atoms with Gasteiger partial charge in [-0.15, -0.1) is 24.0 Å². The first-order valence-corrected chi connectivity index (χ1v) is 8.09. The summed E-state index contributed by atoms with van der Waals surface area (Å²) in [5, 5.41) is 10.4. The number of nitrogens with one attached hydrogen (secondary N) is 2. The fourth-order valence-electron chi connectivity index (χ4n) is 2.31. The molecule has 0 aliphatic carbocycles. The van der Waals surface area contributed by atoms with Crippen LogP contribution in [0.2, 0.25) is 0 Å². The summed E-state index contributed by atoms with van der Waals surface area (Å²) >= 11 is 0. The molecular formula is C18H26FIN4O. The average molecular weight is 460 g/mol. The maximum atomic E-state index is 13.4. The topological polar surface area (TPSA) is 62.5 Å². The first kappa shape index (κ1) is 21.4. The van der Waals surface area contributed by atoms with Crippen LogP contribution in [0.4, 0.5) is 4.39 Å². The normalized spacial score (nSPS) is 11.8. The lowest BCUT2D eigenvalue weighted by Gasteiger charge is -2.26. The molecule has 0 unspecified atom stereocenters. The van der Waals surface area contributed by atoms with E-state index in [1.54, 1.807) is 19.2 Å². The smallest absolute Gasteiger partial charge is 0.191 e. The second-order valence-electron chi connectivity index (χ2n) is 6.31. The molecule has 2 rings (SSSR count). The van der Waals surface area contributed by atoms with Crippen molar-refractivity contribution in [3.05, 3.63) is 53.2 Å². The van der Waals surface area contributed by atoms with E-state index in [0.29, 0.717) is 19.0 Å². The van der Waals surface area contributed by atoms with Crippen LogP contribution in [0, 0.1) is 5.82 Å². The van der Waals surface area contributed by atoms with Gasteiger partial charge in [-0.3, -0.25) is 4.99 Å². The van der Waals surface area contributed by atoms with Gasteiger partial charge in [0, 0.05) is 25.1 Å². The van der Waals surface area contributed by atoms with Crippen molar-refractivity contribution in [1.29, 1.82) is 0 Å². The predicted molar refractivity (Wildman–Crippen MR) is 109 cm³/mol. The molecule has 7 heteroatoms. The van der Waals surface area contributed by atoms with Crippen molar-refractivity contribution in [3.8, 4) is 0 Å². The van der Waals surface area contributed by atoms with Crippen LogP contribution in [0.1, 0.15) is 37.8 Å². The van der Waals surface area contributed by atoms with Crippen molar-refractivity contribution < 1.29 is 8.91 Å². The standard InChI is InChI=1S/C18H25FN4O.HI/c1-5-15-10-16(24-23-15)11-21-17(20-4)22-12-18(2,3)13-7-6-8-14(19)9-13;/h6-10H,5,11-12H2,1-4H3,(H2,20,21,22);1H. The summed E-state index contributed by atoms with van der Waals surface area (Å²) in [6, 6.07) is 8.61. The van der Waals surface area contributed by atoms with Gasteiger partial charge in [0.15, 0.2) is 11.7 Å². The fourth-order valence-corrected chi connectivity index (χ4v) is 2.31. The zero-order valence-corrected chi connectivity index (χ0v) is 17.4. The van der Waals surface area contributed by atoms with E-state index < -0.39 is 0 Å². The number of hydrogen-bond acceptors (Lipinski definition) is 3. The summed E-state index contributed by atoms with van der Waals surface area (Å²) < 4.78 is 18.7. The van der Waals surface area contributed by atoms with Crippen LogP contribution in [-0.4, -0.2) is 24.7 Å². The molecule has 2 aromatic rings. The van der Waals surface area contributed by atoms with Crippen LogP contribution in [0.25, 0.3) is 0 Å². The van der Waals surface area contributed by atoms with E-state index in [1.165, 1.54) is 6.07 Å². The Labute approximate surface area is 165 Å². The molecule has 1 aromatic heterocycles. The molecular weight excluding hydrogens is 434 g/mol. The molecule has 0 spiro atoms. The highest BCUT2D eigenvalue weighted by Crippen LogP contribution is 2.22. The zero-order chi connectivity index (χ0) is 17.6. The third kappa shape index (κ3) is 6.30. The Morgan fingerprint density at radius 1 is 1.28 bits per heavy atom. The fraction of sp³-hybridized carbons (Fsp3) is 0.444. The summed E-state index contributed by atoms with van der Waals surface area (Å²) in [5.41, 5.74) is 1.64. The van der Waals surface area contributed by atoms with Crippen LogP contribution < -0.4 is 10.6 Å². The lowest BCUT2D eigenvalue weighted by molar-refractivity contribution is 0.374. The molecule has 1 aromatic carbocycles. The van der Waals surface area contributed by atoms with Crippen molar-refractivity contribution in [3.63, 3.8) is 0 Å². The molecule has 0 saturated heterocycles. The molecule has 0 fully saturated rings. The van der Waals surface area contributed by atoms with E-state index >= 15 is 0 Å². The van der Waals surface area contributed by atoms with Gasteiger partial charge in [-0.25, -0.2) is 4.39 Å². The number of aromatic nitrogens is 1. The monoisotopic (exact) mass is 460 g/mol. The van der Waals surface area contributed by atoms with Crippen molar-refractivity contribution in [2.24, 2.45) is 4.99 Å². The molecule has 0 radical (unpaired) electrons. The summed E-state index contributed by atoms with van der Waals surface area (Å²) in [5.74, 6) is 1.20. The van der Waals surface area contributed by atoms with E-state index in [1.807, 2.05) is 19.1 Å². The van der Waals surface area contributed by atoms with E-state index in [-0.39, 0.29) is 35.2 Å². The Balaban J connectivity index is 0.00000312. The van der Waals surface area contributed by atoms with Crippen molar-refractivity contribution >= 4 is 29.9 Å². The minimum atomic E-state index is -0.235. The number of benzene rings is 1. The molecule has 0 aliphatic rings. The van der Waals surface area contributed by atoms with Gasteiger partial charge in [0.25, 0.3) is 0 Å². The Morgan fingerprint density at radius 3 is 2.64 bits per heavy atom. The van der Waals surface area contributed by atoms with Crippen LogP contribution in [0.5, 0.6) is 0 Å². The Hall–Kier alpha value is -1.64. The summed E-state index contributed by atoms with van der Waals surface area (Å²) in [6.45, 7) is 7.28. The van der Waals surface area contributed by atoms with Crippen LogP contribution in [-0.2, 0) is 18.4 Å². The lowest BCUT2D eigenvalue weighted by atomic mass is 9.84. The number of rotatable bonds is 6. The Kier molecular flexibility index (Phi) is 8.34. The van der Waals surface area contributed by atoms with Gasteiger partial charge in [-0.05, 0) is 24.1 Å². The van der Waals surface area contributed by atoms with E-state index in [9.17, 15) is 4.39 Å². The lowest BCUT2D eigenvalue weighted by Crippen LogP contribution is -2.43. The number of nitrogens with zero attached hydrogens (tertiary/aromatic N) is 2. The van der Waals surface area contributed by atoms with E-state index in [4.69, 9.17) is 4.52 Å². The Morgan fingerprint density at radius 2 is 2.04 bits per heavy atom. The number of aliphatic imine (C=N–C) groups is 1. The second kappa shape index (κ2) is 9.74. The Bertz CT molecular complexity index is 700. The van der Waals surface area contributed by atoms with E-state index in [0.717, 1.165) is 23.4 Å². The molecule has 25 heavy (non-hydrogen) atoms. The molecule has 0 aliphatic heterocycles. The largest absolute Gasteiger partial charge is 0.359 e. The minimum Gasteiger partial charge on any atom is -0.359 e. The minimum absolute atomic E-state index is 0. The first-order chi connectivity index (χ1) is 11.4. The zero-order valence-electron chi connectivity index (χ0n) is 15.1. The van der Waals surface area contributed by atoms with Crippen LogP contribution in [0.3, 0.4) is 0 Å². The van der Waals surface area contributed by atoms with Gasteiger partial charge < -0.3 is 15.2 Å². The number of guanidine groups is 1. The van der Waals surface area contributed by atoms with E-state index in [2.05, 4.69) is 34.6 Å². The van der Waals surface area contributed by atoms with Crippen LogP contribution in [0.15, 0.2) is 39.8 Å². The summed E-state index contributed by atoms with van der Waals surface area (Å²) in [6.07, 6.45) is 0.846. The molecule has 2 N–H and O–H groups in total. The van der Waals surface area contributed by atoms with Gasteiger partial charge in [0.2, 0.25) is 0 Å². The van der Waals surface area contributed by atoms with Crippen molar-refractivity contribution in [1.82, 2.24) is 15.8 Å². The molecule has 5 nitrogen and oxygen atoms in total. The predicted octanol–water partition coefficient (Wildman–Crippen LogP) is 3.64. The van der Waals surface area contributed by atoms with Crippen molar-refractivity contribution in [2.45, 2.75) is 39.2 Å². The van der Waals surface area contributed by atoms with Gasteiger partial charge in [0.1, 0.15) is 5.82 Å². The van der Waals surface area contributed by atoms with Gasteiger partial charge in [-0.2, -0.15) is 0 Å². The third-order valence-corrected chi connectivity index (χ3v) is 3.93. The highest BCUT2D eigenvalue weighted by atomic mass is 127. The summed E-state index contributed by atoms with van der Waals surface area (Å²) in [4.78, 5) is 4.20. The molecule has 0 atom stereocenters. The molecule has 0 bridgehead atoms. The maximum absolute atomic E-state index is 13.4. The van der Waals surface area contributed by atoms with Gasteiger partial charge in [-0.1, -0.05) is 38.1 Å². The highest BCUT2D eigenvalue weighted by Gasteiger charge is 2.21. The number of aryl methyl sites for hydroxylation is 1. The molecule has 0 saturated carbocycles. The maximum Gasteiger partial charge on any atom is 0.191 e. The molecule has 138 valence electrons. The average Bonchev–Trinajstić information content (AvgIpc) is 3.03. The molecule has 1 heterocycles. The quantitative estimate of drug-likeness (QED) is 0.393. The third-order valence-electron chi connectivity index (χ3n) is 3.93. The van der Waals surface area contributed by atoms with Gasteiger partial charge in [0.05, 0.1) is 12.2 Å². The van der Waals surface area contributed by atoms with Gasteiger partial charge >= 0.3 is 0 Å². The van der Waals surface area contributed by atoms with Crippen LogP contribution >= 0.6 is 24.0 Å². The second-order valence-corrected chi connectivity index (χ2v) is 6.31. The first-order valence-electron chi connectivity index (χ1n) is 8.09.